The molecular formula is C40H42AsNS. The van der Waals surface area contributed by atoms with Crippen LogP contribution in [0.4, 0.5) is 17.1 Å². The first-order valence-electron chi connectivity index (χ1n) is 15.2. The van der Waals surface area contributed by atoms with Crippen molar-refractivity contribution in [2.75, 3.05) is 4.90 Å². The Morgan fingerprint density at radius 1 is 0.465 bits per heavy atom. The topological polar surface area (TPSA) is 3.24 Å². The average Bonchev–Trinajstić information content (AvgIpc) is 2.94. The molecule has 0 aliphatic carbocycles. The number of rotatable bonds is 4. The summed E-state index contributed by atoms with van der Waals surface area (Å²) in [5.74, 6) is 0. The van der Waals surface area contributed by atoms with Crippen LogP contribution in [-0.2, 0) is 0 Å². The third kappa shape index (κ3) is 4.97. The van der Waals surface area contributed by atoms with Crippen LogP contribution in [0.5, 0.6) is 0 Å². The first-order valence-corrected chi connectivity index (χ1v) is 18.8. The standard InChI is InChI=1S/C40H42AsNS/c1-23-19-25(3)37(26(4)20-23)41(38-27(5)21-24(2)22-28(38)6)39-29(7)31(9)40(32(10)30(39)8)42-33-15-11-13-17-35(33)43-36-18-14-12-16-34(36)42/h11-22H,1-10H3. The van der Waals surface area contributed by atoms with E-state index in [1.165, 1.54) is 82.5 Å². The number of hydrogen-bond donors (Lipinski definition) is 0. The van der Waals surface area contributed by atoms with Crippen molar-refractivity contribution in [3.05, 3.63) is 128 Å². The SMILES string of the molecule is Cc1cc(C)c([As](c2c(C)cc(C)cc2C)c2c(C)c(C)c(N3c4ccccc4Sc4ccccc43)c(C)c2C)c(C)c1. The van der Waals surface area contributed by atoms with E-state index >= 15 is 0 Å². The molecule has 5 aromatic carbocycles. The molecule has 0 radical (unpaired) electrons. The molecule has 0 saturated heterocycles. The number of benzene rings is 5. The molecule has 0 amide bonds. The predicted octanol–water partition coefficient (Wildman–Crippen LogP) is 9.22. The van der Waals surface area contributed by atoms with Gasteiger partial charge >= 0.3 is 269 Å². The predicted molar refractivity (Wildman–Crippen MR) is 190 cm³/mol. The molecule has 0 aromatic heterocycles. The van der Waals surface area contributed by atoms with Crippen LogP contribution >= 0.6 is 11.8 Å². The van der Waals surface area contributed by atoms with Crippen LogP contribution in [-0.4, -0.2) is 14.7 Å². The zero-order valence-corrected chi connectivity index (χ0v) is 29.9. The summed E-state index contributed by atoms with van der Waals surface area (Å²) in [7, 11) is 0. The van der Waals surface area contributed by atoms with Crippen LogP contribution in [0.3, 0.4) is 0 Å². The van der Waals surface area contributed by atoms with Gasteiger partial charge < -0.3 is 0 Å². The number of aryl methyl sites for hydroxylation is 6. The molecule has 43 heavy (non-hydrogen) atoms. The van der Waals surface area contributed by atoms with Crippen molar-refractivity contribution in [3.8, 4) is 0 Å². The van der Waals surface area contributed by atoms with E-state index in [0.717, 1.165) is 0 Å². The second-order valence-electron chi connectivity index (χ2n) is 12.4. The Balaban J connectivity index is 1.68. The zero-order valence-electron chi connectivity index (χ0n) is 27.2. The van der Waals surface area contributed by atoms with Crippen LogP contribution in [0.15, 0.2) is 82.6 Å². The Morgan fingerprint density at radius 2 is 0.837 bits per heavy atom. The van der Waals surface area contributed by atoms with Gasteiger partial charge in [0.05, 0.1) is 0 Å². The molecule has 0 bridgehead atoms. The van der Waals surface area contributed by atoms with E-state index in [9.17, 15) is 0 Å². The van der Waals surface area contributed by atoms with Gasteiger partial charge in [0.1, 0.15) is 0 Å². The van der Waals surface area contributed by atoms with Crippen LogP contribution in [0.2, 0.25) is 0 Å². The van der Waals surface area contributed by atoms with Crippen LogP contribution in [0, 0.1) is 69.2 Å². The number of anilines is 3. The number of nitrogens with zero attached hydrogens (tertiary/aromatic N) is 1. The van der Waals surface area contributed by atoms with Gasteiger partial charge in [0.25, 0.3) is 0 Å². The van der Waals surface area contributed by atoms with Crippen molar-refractivity contribution in [2.45, 2.75) is 79.0 Å². The molecule has 0 unspecified atom stereocenters. The number of para-hydroxylation sites is 2. The van der Waals surface area contributed by atoms with E-state index in [2.05, 4.69) is 147 Å². The van der Waals surface area contributed by atoms with Crippen molar-refractivity contribution in [1.82, 2.24) is 0 Å². The summed E-state index contributed by atoms with van der Waals surface area (Å²) in [4.78, 5) is 5.16. The third-order valence-corrected chi connectivity index (χ3v) is 17.5. The summed E-state index contributed by atoms with van der Waals surface area (Å²) < 4.78 is 4.79. The molecule has 1 heterocycles. The summed E-state index contributed by atoms with van der Waals surface area (Å²) in [6, 6.07) is 27.4. The van der Waals surface area contributed by atoms with E-state index in [1.54, 1.807) is 13.1 Å². The molecular weight excluding hydrogens is 601 g/mol. The summed E-state index contributed by atoms with van der Waals surface area (Å²) in [5, 5.41) is 0. The van der Waals surface area contributed by atoms with Crippen molar-refractivity contribution in [3.63, 3.8) is 0 Å². The van der Waals surface area contributed by atoms with Gasteiger partial charge in [-0.2, -0.15) is 0 Å². The molecule has 0 atom stereocenters. The van der Waals surface area contributed by atoms with E-state index in [0.29, 0.717) is 0 Å². The number of hydrogen-bond acceptors (Lipinski definition) is 2. The fourth-order valence-electron chi connectivity index (χ4n) is 7.27. The van der Waals surface area contributed by atoms with E-state index < -0.39 is 14.7 Å². The first-order chi connectivity index (χ1) is 20.5. The molecule has 6 rings (SSSR count). The van der Waals surface area contributed by atoms with Gasteiger partial charge in [-0.1, -0.05) is 0 Å². The normalized spacial score (nSPS) is 12.5. The molecule has 218 valence electrons. The van der Waals surface area contributed by atoms with Crippen LogP contribution in [0.25, 0.3) is 0 Å². The van der Waals surface area contributed by atoms with Crippen molar-refractivity contribution in [1.29, 1.82) is 0 Å². The van der Waals surface area contributed by atoms with Crippen LogP contribution in [0.1, 0.15) is 55.6 Å². The van der Waals surface area contributed by atoms with Gasteiger partial charge in [0.15, 0.2) is 0 Å². The van der Waals surface area contributed by atoms with Gasteiger partial charge in [-0.05, 0) is 0 Å². The Morgan fingerprint density at radius 3 is 1.23 bits per heavy atom. The summed E-state index contributed by atoms with van der Waals surface area (Å²) in [5.41, 5.74) is 18.0. The van der Waals surface area contributed by atoms with Crippen molar-refractivity contribution in [2.24, 2.45) is 0 Å². The minimum absolute atomic E-state index is 1.27. The van der Waals surface area contributed by atoms with Gasteiger partial charge in [-0.15, -0.1) is 0 Å². The monoisotopic (exact) mass is 643 g/mol. The molecule has 5 aromatic rings. The summed E-state index contributed by atoms with van der Waals surface area (Å²) in [6.45, 7) is 23.4. The molecule has 0 saturated carbocycles. The van der Waals surface area contributed by atoms with Gasteiger partial charge in [0, 0.05) is 0 Å². The minimum atomic E-state index is -1.96. The van der Waals surface area contributed by atoms with Crippen molar-refractivity contribution >= 4 is 56.5 Å². The van der Waals surface area contributed by atoms with Gasteiger partial charge in [0.2, 0.25) is 0 Å². The molecule has 1 aliphatic rings. The summed E-state index contributed by atoms with van der Waals surface area (Å²) in [6.07, 6.45) is 0. The van der Waals surface area contributed by atoms with Gasteiger partial charge in [-0.25, -0.2) is 0 Å². The fourth-order valence-corrected chi connectivity index (χ4v) is 15.4. The Bertz CT molecular complexity index is 1740. The molecule has 0 N–H and O–H groups in total. The Kier molecular flexibility index (Phi) is 7.91. The maximum absolute atomic E-state index is 2.54. The molecule has 0 fully saturated rings. The molecule has 0 spiro atoms. The Hall–Kier alpha value is -3.19. The van der Waals surface area contributed by atoms with E-state index in [-0.39, 0.29) is 0 Å². The second-order valence-corrected chi connectivity index (χ2v) is 17.7. The summed E-state index contributed by atoms with van der Waals surface area (Å²) >= 11 is -0.0860. The maximum atomic E-state index is 2.54. The third-order valence-electron chi connectivity index (χ3n) is 9.14. The Labute approximate surface area is 267 Å². The number of fused-ring (bicyclic) bond motifs is 2. The zero-order chi connectivity index (χ0) is 30.7. The van der Waals surface area contributed by atoms with E-state index in [4.69, 9.17) is 0 Å². The molecule has 3 heteroatoms. The molecule has 1 nitrogen and oxygen atoms in total. The van der Waals surface area contributed by atoms with Crippen LogP contribution < -0.4 is 18.0 Å². The molecule has 1 aliphatic heterocycles. The van der Waals surface area contributed by atoms with E-state index in [1.807, 2.05) is 11.8 Å². The quantitative estimate of drug-likeness (QED) is 0.176. The van der Waals surface area contributed by atoms with Gasteiger partial charge in [-0.3, -0.25) is 0 Å². The average molecular weight is 644 g/mol. The van der Waals surface area contributed by atoms with Crippen molar-refractivity contribution < 1.29 is 0 Å². The second kappa shape index (κ2) is 11.4. The fraction of sp³-hybridized carbons (Fsp3) is 0.250. The first kappa shape index (κ1) is 29.9.